The van der Waals surface area contributed by atoms with Crippen molar-refractivity contribution in [3.05, 3.63) is 91.0 Å². The molecule has 0 saturated heterocycles. The van der Waals surface area contributed by atoms with Gasteiger partial charge in [0, 0.05) is 0 Å². The Balaban J connectivity index is 0.00000533. The average Bonchev–Trinajstić information content (AvgIpc) is 2.98. The first-order valence-electron chi connectivity index (χ1n) is 13.0. The van der Waals surface area contributed by atoms with Crippen LogP contribution in [0.3, 0.4) is 0 Å². The van der Waals surface area contributed by atoms with Crippen LogP contribution in [-0.4, -0.2) is 78.1 Å². The Hall–Kier alpha value is -2.16. The number of rotatable bonds is 19. The standard InChI is InChI=1S/C30H39NO6P.BrH/c31-26-30(32)37-23-22-35-19-18-33-16-17-34-20-21-36-24-25-38(27-10-4-1-5-11-27,28-12-6-2-7-13-28)29-14-8-3-9-15-29;/h1-15H,16-26,31H2;1H/q+1;/p-1. The summed E-state index contributed by atoms with van der Waals surface area (Å²) in [6.45, 7) is 3.95. The van der Waals surface area contributed by atoms with Gasteiger partial charge in [0.15, 0.2) is 0 Å². The molecule has 0 fully saturated rings. The summed E-state index contributed by atoms with van der Waals surface area (Å²) in [6.07, 6.45) is 0.916. The fraction of sp³-hybridized carbons (Fsp3) is 0.367. The van der Waals surface area contributed by atoms with Crippen molar-refractivity contribution in [1.82, 2.24) is 0 Å². The van der Waals surface area contributed by atoms with Crippen molar-refractivity contribution in [1.29, 1.82) is 0 Å². The van der Waals surface area contributed by atoms with E-state index in [0.29, 0.717) is 52.9 Å². The van der Waals surface area contributed by atoms with Crippen LogP contribution in [0.15, 0.2) is 91.0 Å². The van der Waals surface area contributed by atoms with E-state index in [1.54, 1.807) is 0 Å². The number of carbonyl (C=O) groups excluding carboxylic acids is 1. The Morgan fingerprint density at radius 3 is 1.23 bits per heavy atom. The van der Waals surface area contributed by atoms with Gasteiger partial charge >= 0.3 is 5.97 Å². The molecular weight excluding hydrogens is 581 g/mol. The predicted molar refractivity (Wildman–Crippen MR) is 153 cm³/mol. The highest BCUT2D eigenvalue weighted by atomic mass is 79.9. The van der Waals surface area contributed by atoms with Crippen LogP contribution in [0.5, 0.6) is 0 Å². The third-order valence-corrected chi connectivity index (χ3v) is 10.3. The number of benzene rings is 3. The van der Waals surface area contributed by atoms with Gasteiger partial charge in [0.05, 0.1) is 65.6 Å². The monoisotopic (exact) mass is 619 g/mol. The number of hydrogen-bond donors (Lipinski definition) is 1. The number of nitrogens with two attached hydrogens (primary N) is 1. The summed E-state index contributed by atoms with van der Waals surface area (Å²) >= 11 is 0. The van der Waals surface area contributed by atoms with E-state index < -0.39 is 13.2 Å². The molecule has 0 unspecified atom stereocenters. The Morgan fingerprint density at radius 2 is 0.872 bits per heavy atom. The molecule has 0 aliphatic heterocycles. The van der Waals surface area contributed by atoms with Gasteiger partial charge in [-0.25, -0.2) is 0 Å². The molecule has 0 aliphatic rings. The van der Waals surface area contributed by atoms with Gasteiger partial charge < -0.3 is 46.4 Å². The van der Waals surface area contributed by atoms with Crippen LogP contribution in [0.1, 0.15) is 0 Å². The van der Waals surface area contributed by atoms with Crippen LogP contribution in [0.25, 0.3) is 0 Å². The number of carbonyl (C=O) groups is 1. The van der Waals surface area contributed by atoms with Crippen molar-refractivity contribution in [2.75, 3.05) is 72.2 Å². The molecule has 0 heterocycles. The lowest BCUT2D eigenvalue weighted by atomic mass is 10.4. The molecule has 0 saturated carbocycles. The molecule has 7 nitrogen and oxygen atoms in total. The Kier molecular flexibility index (Phi) is 16.8. The molecule has 3 rings (SSSR count). The molecule has 0 aliphatic carbocycles. The predicted octanol–water partition coefficient (Wildman–Crippen LogP) is -0.447. The first-order valence-corrected chi connectivity index (χ1v) is 15.0. The van der Waals surface area contributed by atoms with Crippen LogP contribution >= 0.6 is 7.26 Å². The van der Waals surface area contributed by atoms with Gasteiger partial charge in [-0.15, -0.1) is 0 Å². The van der Waals surface area contributed by atoms with E-state index >= 15 is 0 Å². The summed E-state index contributed by atoms with van der Waals surface area (Å²) in [5.41, 5.74) is 5.16. The topological polar surface area (TPSA) is 89.2 Å². The lowest BCUT2D eigenvalue weighted by Crippen LogP contribution is -3.00. The summed E-state index contributed by atoms with van der Waals surface area (Å²) in [5.74, 6) is -0.435. The lowest BCUT2D eigenvalue weighted by molar-refractivity contribution is -0.143. The second-order valence-corrected chi connectivity index (χ2v) is 12.0. The van der Waals surface area contributed by atoms with Gasteiger partial charge in [0.2, 0.25) is 0 Å². The third-order valence-electron chi connectivity index (χ3n) is 5.94. The van der Waals surface area contributed by atoms with E-state index in [2.05, 4.69) is 91.0 Å². The molecule has 0 atom stereocenters. The molecule has 0 aromatic heterocycles. The van der Waals surface area contributed by atoms with Gasteiger partial charge in [0.1, 0.15) is 29.8 Å². The van der Waals surface area contributed by atoms with Crippen molar-refractivity contribution in [3.63, 3.8) is 0 Å². The molecule has 39 heavy (non-hydrogen) atoms. The van der Waals surface area contributed by atoms with Crippen molar-refractivity contribution in [2.24, 2.45) is 5.73 Å². The summed E-state index contributed by atoms with van der Waals surface area (Å²) in [6, 6.07) is 32.4. The van der Waals surface area contributed by atoms with Crippen molar-refractivity contribution in [2.45, 2.75) is 0 Å². The zero-order chi connectivity index (χ0) is 26.7. The first-order chi connectivity index (χ1) is 18.8. The van der Waals surface area contributed by atoms with Crippen LogP contribution < -0.4 is 38.6 Å². The number of hydrogen-bond acceptors (Lipinski definition) is 7. The highest BCUT2D eigenvalue weighted by Gasteiger charge is 2.44. The molecule has 0 bridgehead atoms. The maximum atomic E-state index is 10.9. The van der Waals surface area contributed by atoms with E-state index in [1.165, 1.54) is 15.9 Å². The number of halogens is 1. The van der Waals surface area contributed by atoms with E-state index in [4.69, 9.17) is 29.4 Å². The van der Waals surface area contributed by atoms with Gasteiger partial charge in [-0.1, -0.05) is 54.6 Å². The molecule has 212 valence electrons. The summed E-state index contributed by atoms with van der Waals surface area (Å²) in [7, 11) is -1.87. The molecule has 2 N–H and O–H groups in total. The van der Waals surface area contributed by atoms with Gasteiger partial charge in [-0.05, 0) is 36.4 Å². The van der Waals surface area contributed by atoms with Crippen LogP contribution in [0, 0.1) is 0 Å². The SMILES string of the molecule is NCC(=O)OCCOCCOCCOCCOCC[P+](c1ccccc1)(c1ccccc1)c1ccccc1.[Br-]. The Bertz CT molecular complexity index is 933. The molecule has 0 amide bonds. The first kappa shape index (κ1) is 33.0. The fourth-order valence-corrected chi connectivity index (χ4v) is 8.23. The Morgan fingerprint density at radius 1 is 0.538 bits per heavy atom. The van der Waals surface area contributed by atoms with Crippen LogP contribution in [0.4, 0.5) is 0 Å². The zero-order valence-electron chi connectivity index (χ0n) is 22.3. The zero-order valence-corrected chi connectivity index (χ0v) is 24.8. The third kappa shape index (κ3) is 11.1. The maximum absolute atomic E-state index is 10.9. The quantitative estimate of drug-likeness (QED) is 0.110. The van der Waals surface area contributed by atoms with Crippen molar-refractivity contribution >= 4 is 29.1 Å². The second kappa shape index (κ2) is 19.8. The minimum absolute atomic E-state index is 0. The lowest BCUT2D eigenvalue weighted by Gasteiger charge is -2.27. The smallest absolute Gasteiger partial charge is 0.319 e. The molecule has 0 spiro atoms. The van der Waals surface area contributed by atoms with Gasteiger partial charge in [0.25, 0.3) is 0 Å². The molecule has 0 radical (unpaired) electrons. The van der Waals surface area contributed by atoms with E-state index in [1.807, 2.05) is 0 Å². The summed E-state index contributed by atoms with van der Waals surface area (Å²) in [5, 5.41) is 4.07. The Labute approximate surface area is 243 Å². The van der Waals surface area contributed by atoms with E-state index in [9.17, 15) is 4.79 Å². The molecule has 3 aromatic rings. The van der Waals surface area contributed by atoms with E-state index in [0.717, 1.165) is 6.16 Å². The highest BCUT2D eigenvalue weighted by Crippen LogP contribution is 2.54. The normalized spacial score (nSPS) is 11.1. The second-order valence-electron chi connectivity index (χ2n) is 8.41. The van der Waals surface area contributed by atoms with E-state index in [-0.39, 0.29) is 30.1 Å². The van der Waals surface area contributed by atoms with Gasteiger partial charge in [-0.3, -0.25) is 4.79 Å². The van der Waals surface area contributed by atoms with Crippen LogP contribution in [-0.2, 0) is 28.5 Å². The highest BCUT2D eigenvalue weighted by molar-refractivity contribution is 7.95. The minimum Gasteiger partial charge on any atom is -1.00 e. The maximum Gasteiger partial charge on any atom is 0.319 e. The minimum atomic E-state index is -1.87. The van der Waals surface area contributed by atoms with Crippen LogP contribution in [0.2, 0.25) is 0 Å². The molecule has 3 aromatic carbocycles. The summed E-state index contributed by atoms with van der Waals surface area (Å²) < 4.78 is 27.3. The number of ether oxygens (including phenoxy) is 5. The number of esters is 1. The average molecular weight is 621 g/mol. The van der Waals surface area contributed by atoms with Crippen molar-refractivity contribution < 1.29 is 45.5 Å². The molecule has 9 heteroatoms. The van der Waals surface area contributed by atoms with Gasteiger partial charge in [-0.2, -0.15) is 0 Å². The molecular formula is C30H39BrNO6P. The van der Waals surface area contributed by atoms with Crippen molar-refractivity contribution in [3.8, 4) is 0 Å². The fourth-order valence-electron chi connectivity index (χ4n) is 4.12. The summed E-state index contributed by atoms with van der Waals surface area (Å²) in [4.78, 5) is 10.9. The largest absolute Gasteiger partial charge is 1.00 e.